The predicted molar refractivity (Wildman–Crippen MR) is 154 cm³/mol. The van der Waals surface area contributed by atoms with Gasteiger partial charge in [0.15, 0.2) is 0 Å². The number of aromatic nitrogens is 1. The van der Waals surface area contributed by atoms with E-state index in [2.05, 4.69) is 11.4 Å². The standard InChI is InChI=1S/C28H20Cl3N3O3S/c1-36-19-7-3-16(4-8-19)21-13-25(17-5-9-20(37-2)10-6-17)33-28(22(21)14-32)38-15-26(35)34-27-23(30)11-18(29)12-24(27)31/h3-13H,15H2,1-2H3,(H,34,35). The van der Waals surface area contributed by atoms with Crippen molar-refractivity contribution in [1.82, 2.24) is 4.98 Å². The van der Waals surface area contributed by atoms with Crippen molar-refractivity contribution in [2.75, 3.05) is 25.3 Å². The molecule has 0 radical (unpaired) electrons. The number of carbonyl (C=O) groups is 1. The van der Waals surface area contributed by atoms with Crippen molar-refractivity contribution < 1.29 is 14.3 Å². The maximum absolute atomic E-state index is 12.8. The van der Waals surface area contributed by atoms with Crippen LogP contribution in [0, 0.1) is 11.3 Å². The summed E-state index contributed by atoms with van der Waals surface area (Å²) in [4.78, 5) is 17.5. The lowest BCUT2D eigenvalue weighted by Gasteiger charge is -2.14. The van der Waals surface area contributed by atoms with Crippen molar-refractivity contribution in [2.24, 2.45) is 0 Å². The van der Waals surface area contributed by atoms with E-state index in [0.29, 0.717) is 38.4 Å². The number of nitriles is 1. The van der Waals surface area contributed by atoms with E-state index in [9.17, 15) is 10.1 Å². The fraction of sp³-hybridized carbons (Fsp3) is 0.107. The summed E-state index contributed by atoms with van der Waals surface area (Å²) in [5.41, 5.74) is 3.59. The predicted octanol–water partition coefficient (Wildman–Crippen LogP) is 8.00. The van der Waals surface area contributed by atoms with Crippen molar-refractivity contribution in [3.8, 4) is 40.0 Å². The molecule has 4 rings (SSSR count). The van der Waals surface area contributed by atoms with Crippen molar-refractivity contribution in [3.63, 3.8) is 0 Å². The highest BCUT2D eigenvalue weighted by molar-refractivity contribution is 8.00. The second-order valence-electron chi connectivity index (χ2n) is 7.89. The number of carbonyl (C=O) groups excluding carboxylic acids is 1. The molecule has 192 valence electrons. The van der Waals surface area contributed by atoms with E-state index < -0.39 is 0 Å². The molecular formula is C28H20Cl3N3O3S. The lowest BCUT2D eigenvalue weighted by Crippen LogP contribution is -2.15. The summed E-state index contributed by atoms with van der Waals surface area (Å²) in [5, 5.41) is 14.0. The highest BCUT2D eigenvalue weighted by Crippen LogP contribution is 2.36. The van der Waals surface area contributed by atoms with Crippen LogP contribution in [-0.4, -0.2) is 30.9 Å². The minimum atomic E-state index is -0.368. The van der Waals surface area contributed by atoms with Gasteiger partial charge in [0.05, 0.1) is 47.0 Å². The SMILES string of the molecule is COc1ccc(-c2cc(-c3ccc(OC)cc3)c(C#N)c(SCC(=O)Nc3c(Cl)cc(Cl)cc3Cl)n2)cc1. The Morgan fingerprint density at radius 2 is 1.47 bits per heavy atom. The fourth-order valence-corrected chi connectivity index (χ4v) is 5.33. The first-order chi connectivity index (χ1) is 18.3. The molecule has 38 heavy (non-hydrogen) atoms. The second-order valence-corrected chi connectivity index (χ2v) is 10.1. The Kier molecular flexibility index (Phi) is 9.03. The van der Waals surface area contributed by atoms with E-state index >= 15 is 0 Å². The van der Waals surface area contributed by atoms with Gasteiger partial charge in [-0.1, -0.05) is 58.7 Å². The van der Waals surface area contributed by atoms with Crippen LogP contribution in [0.1, 0.15) is 5.56 Å². The molecule has 0 saturated carbocycles. The zero-order valence-electron chi connectivity index (χ0n) is 20.2. The molecule has 0 aliphatic carbocycles. The number of nitrogens with one attached hydrogen (secondary N) is 1. The van der Waals surface area contributed by atoms with Gasteiger partial charge < -0.3 is 14.8 Å². The molecule has 0 bridgehead atoms. The summed E-state index contributed by atoms with van der Waals surface area (Å²) in [6.45, 7) is 0. The third-order valence-corrected chi connectivity index (χ3v) is 7.29. The molecule has 0 saturated heterocycles. The van der Waals surface area contributed by atoms with Crippen molar-refractivity contribution >= 4 is 58.2 Å². The first-order valence-corrected chi connectivity index (χ1v) is 13.3. The zero-order chi connectivity index (χ0) is 27.2. The number of thioether (sulfide) groups is 1. The van der Waals surface area contributed by atoms with Crippen LogP contribution < -0.4 is 14.8 Å². The average Bonchev–Trinajstić information content (AvgIpc) is 2.93. The van der Waals surface area contributed by atoms with Gasteiger partial charge in [0.25, 0.3) is 0 Å². The van der Waals surface area contributed by atoms with Gasteiger partial charge in [-0.05, 0) is 60.2 Å². The molecule has 10 heteroatoms. The van der Waals surface area contributed by atoms with Gasteiger partial charge in [-0.15, -0.1) is 0 Å². The zero-order valence-corrected chi connectivity index (χ0v) is 23.3. The molecule has 1 heterocycles. The Balaban J connectivity index is 1.70. The van der Waals surface area contributed by atoms with E-state index in [1.54, 1.807) is 14.2 Å². The van der Waals surface area contributed by atoms with E-state index in [0.717, 1.165) is 22.9 Å². The van der Waals surface area contributed by atoms with Gasteiger partial charge in [0.1, 0.15) is 22.6 Å². The van der Waals surface area contributed by atoms with E-state index in [-0.39, 0.29) is 27.4 Å². The molecule has 4 aromatic rings. The van der Waals surface area contributed by atoms with Crippen LogP contribution in [0.4, 0.5) is 5.69 Å². The van der Waals surface area contributed by atoms with Crippen molar-refractivity contribution in [3.05, 3.63) is 87.4 Å². The molecule has 1 N–H and O–H groups in total. The van der Waals surface area contributed by atoms with E-state index in [1.807, 2.05) is 54.6 Å². The topological polar surface area (TPSA) is 84.2 Å². The summed E-state index contributed by atoms with van der Waals surface area (Å²) in [5.74, 6) is 1.00. The molecular weight excluding hydrogens is 565 g/mol. The number of benzene rings is 3. The number of rotatable bonds is 8. The second kappa shape index (κ2) is 12.4. The largest absolute Gasteiger partial charge is 0.497 e. The Bertz CT molecular complexity index is 1500. The molecule has 1 aromatic heterocycles. The van der Waals surface area contributed by atoms with Gasteiger partial charge in [-0.25, -0.2) is 4.98 Å². The highest BCUT2D eigenvalue weighted by Gasteiger charge is 2.18. The van der Waals surface area contributed by atoms with Crippen LogP contribution in [-0.2, 0) is 4.79 Å². The van der Waals surface area contributed by atoms with Gasteiger partial charge in [0.2, 0.25) is 5.91 Å². The third-order valence-electron chi connectivity index (χ3n) is 5.50. The Labute approximate surface area is 239 Å². The maximum Gasteiger partial charge on any atom is 0.234 e. The van der Waals surface area contributed by atoms with Crippen LogP contribution >= 0.6 is 46.6 Å². The Morgan fingerprint density at radius 1 is 0.921 bits per heavy atom. The van der Waals surface area contributed by atoms with E-state index in [1.165, 1.54) is 12.1 Å². The van der Waals surface area contributed by atoms with E-state index in [4.69, 9.17) is 49.3 Å². The monoisotopic (exact) mass is 583 g/mol. The van der Waals surface area contributed by atoms with Gasteiger partial charge in [0, 0.05) is 16.1 Å². The van der Waals surface area contributed by atoms with Gasteiger partial charge in [-0.3, -0.25) is 4.79 Å². The highest BCUT2D eigenvalue weighted by atomic mass is 35.5. The number of hydrogen-bond acceptors (Lipinski definition) is 6. The first-order valence-electron chi connectivity index (χ1n) is 11.1. The number of anilines is 1. The number of nitrogens with zero attached hydrogens (tertiary/aromatic N) is 2. The number of amides is 1. The third kappa shape index (κ3) is 6.35. The summed E-state index contributed by atoms with van der Waals surface area (Å²) in [6.07, 6.45) is 0. The van der Waals surface area contributed by atoms with Gasteiger partial charge in [-0.2, -0.15) is 5.26 Å². The number of pyridine rings is 1. The summed E-state index contributed by atoms with van der Waals surface area (Å²) in [7, 11) is 3.19. The van der Waals surface area contributed by atoms with Crippen LogP contribution in [0.2, 0.25) is 15.1 Å². The summed E-state index contributed by atoms with van der Waals surface area (Å²) >= 11 is 19.5. The molecule has 0 unspecified atom stereocenters. The molecule has 0 spiro atoms. The number of hydrogen-bond donors (Lipinski definition) is 1. The van der Waals surface area contributed by atoms with Crippen molar-refractivity contribution in [1.29, 1.82) is 5.26 Å². The minimum absolute atomic E-state index is 0.0366. The van der Waals surface area contributed by atoms with Crippen LogP contribution in [0.15, 0.2) is 71.8 Å². The van der Waals surface area contributed by atoms with Crippen LogP contribution in [0.25, 0.3) is 22.4 Å². The maximum atomic E-state index is 12.8. The Morgan fingerprint density at radius 3 is 2.00 bits per heavy atom. The molecule has 0 aliphatic rings. The molecule has 6 nitrogen and oxygen atoms in total. The average molecular weight is 585 g/mol. The van der Waals surface area contributed by atoms with Gasteiger partial charge >= 0.3 is 0 Å². The summed E-state index contributed by atoms with van der Waals surface area (Å²) in [6, 6.07) is 21.9. The minimum Gasteiger partial charge on any atom is -0.497 e. The fourth-order valence-electron chi connectivity index (χ4n) is 3.61. The number of halogens is 3. The molecule has 1 amide bonds. The van der Waals surface area contributed by atoms with Crippen LogP contribution in [0.3, 0.4) is 0 Å². The molecule has 0 atom stereocenters. The number of methoxy groups -OCH3 is 2. The molecule has 3 aromatic carbocycles. The normalized spacial score (nSPS) is 10.5. The van der Waals surface area contributed by atoms with Crippen molar-refractivity contribution in [2.45, 2.75) is 5.03 Å². The Hall–Kier alpha value is -3.41. The van der Waals surface area contributed by atoms with Crippen LogP contribution in [0.5, 0.6) is 11.5 Å². The quantitative estimate of drug-likeness (QED) is 0.211. The lowest BCUT2D eigenvalue weighted by atomic mass is 9.99. The smallest absolute Gasteiger partial charge is 0.234 e. The summed E-state index contributed by atoms with van der Waals surface area (Å²) < 4.78 is 10.5. The lowest BCUT2D eigenvalue weighted by molar-refractivity contribution is -0.113. The number of ether oxygens (including phenoxy) is 2. The molecule has 0 aliphatic heterocycles. The first kappa shape index (κ1) is 27.6. The molecule has 0 fully saturated rings.